The first-order valence-corrected chi connectivity index (χ1v) is 15.4. The topological polar surface area (TPSA) is 114 Å². The van der Waals surface area contributed by atoms with Gasteiger partial charge in [0.05, 0.1) is 17.5 Å². The van der Waals surface area contributed by atoms with Crippen molar-refractivity contribution < 1.29 is 13.5 Å². The Morgan fingerprint density at radius 2 is 1.80 bits per heavy atom. The summed E-state index contributed by atoms with van der Waals surface area (Å²) in [6, 6.07) is 11.7. The van der Waals surface area contributed by atoms with Crippen molar-refractivity contribution in [2.45, 2.75) is 75.8 Å². The third-order valence-corrected chi connectivity index (χ3v) is 8.62. The molecule has 0 amide bonds. The zero-order valence-corrected chi connectivity index (χ0v) is 25.8. The van der Waals surface area contributed by atoms with E-state index in [1.807, 2.05) is 14.0 Å². The van der Waals surface area contributed by atoms with Crippen LogP contribution in [0.2, 0.25) is 0 Å². The summed E-state index contributed by atoms with van der Waals surface area (Å²) in [5.41, 5.74) is 4.62. The number of para-hydroxylation sites is 1. The number of rotatable bonds is 12. The summed E-state index contributed by atoms with van der Waals surface area (Å²) in [6.07, 6.45) is 7.33. The van der Waals surface area contributed by atoms with Crippen LogP contribution >= 0.6 is 0 Å². The minimum atomic E-state index is -2.38. The van der Waals surface area contributed by atoms with E-state index < -0.39 is 11.1 Å². The van der Waals surface area contributed by atoms with Crippen LogP contribution in [0.15, 0.2) is 47.5 Å². The summed E-state index contributed by atoms with van der Waals surface area (Å²) in [6.45, 7) is 6.99. The van der Waals surface area contributed by atoms with Gasteiger partial charge in [0, 0.05) is 22.7 Å². The van der Waals surface area contributed by atoms with Crippen molar-refractivity contribution >= 4 is 34.2 Å². The number of anilines is 4. The van der Waals surface area contributed by atoms with Crippen LogP contribution in [-0.2, 0) is 11.1 Å². The lowest BCUT2D eigenvalue weighted by molar-refractivity contribution is 0.209. The number of aryl methyl sites for hydroxylation is 2. The molecular weight excluding hydrogens is 536 g/mol. The molecule has 2 aromatic carbocycles. The molecule has 0 spiro atoms. The van der Waals surface area contributed by atoms with E-state index in [0.717, 1.165) is 42.8 Å². The molecule has 2 unspecified atom stereocenters. The first kappa shape index (κ1) is 30.9. The zero-order chi connectivity index (χ0) is 29.5. The van der Waals surface area contributed by atoms with Gasteiger partial charge in [0.25, 0.3) is 0 Å². The Kier molecular flexibility index (Phi) is 10.7. The standard InChI is InChI=1S/C31H44N6O3S/c1-20-17-27(35-31-33-19-21(2)30(36-31)34-26-9-7-8-10-29(26)41(38)39)28(40-22(3)15-16-32-4)18-25(20)23-11-13-24(14-12-23)37(5)6/h7-10,17-19,22-24,32H,11-16H2,1-6H3,(H,38,39)(H2,33,34,35,36)/p-1. The molecule has 0 radical (unpaired) electrons. The molecule has 3 N–H and O–H groups in total. The van der Waals surface area contributed by atoms with Gasteiger partial charge in [-0.3, -0.25) is 4.21 Å². The van der Waals surface area contributed by atoms with Crippen LogP contribution in [0, 0.1) is 13.8 Å². The summed E-state index contributed by atoms with van der Waals surface area (Å²) in [7, 11) is 6.29. The molecule has 3 aromatic rings. The molecule has 0 saturated heterocycles. The Morgan fingerprint density at radius 3 is 2.49 bits per heavy atom. The number of hydrogen-bond acceptors (Lipinski definition) is 9. The smallest absolute Gasteiger partial charge is 0.229 e. The van der Waals surface area contributed by atoms with E-state index in [4.69, 9.17) is 9.72 Å². The Balaban J connectivity index is 1.62. The van der Waals surface area contributed by atoms with Crippen LogP contribution < -0.4 is 20.7 Å². The molecule has 1 aliphatic carbocycles. The number of ether oxygens (including phenoxy) is 1. The fraction of sp³-hybridized carbons (Fsp3) is 0.484. The van der Waals surface area contributed by atoms with Gasteiger partial charge in [0.1, 0.15) is 11.6 Å². The van der Waals surface area contributed by atoms with Crippen LogP contribution in [0.1, 0.15) is 61.6 Å². The van der Waals surface area contributed by atoms with Gasteiger partial charge >= 0.3 is 0 Å². The SMILES string of the molecule is CNCCC(C)Oc1cc(C2CCC(N(C)C)CC2)c(C)cc1Nc1ncc(C)c(Nc2ccccc2S(=O)[O-])n1. The molecule has 1 fully saturated rings. The summed E-state index contributed by atoms with van der Waals surface area (Å²) < 4.78 is 29.9. The molecule has 1 heterocycles. The third kappa shape index (κ3) is 8.03. The van der Waals surface area contributed by atoms with Gasteiger partial charge in [-0.15, -0.1) is 0 Å². The molecule has 0 aliphatic heterocycles. The van der Waals surface area contributed by atoms with Crippen molar-refractivity contribution in [1.82, 2.24) is 20.2 Å². The second kappa shape index (κ2) is 14.2. The van der Waals surface area contributed by atoms with E-state index in [1.165, 1.54) is 24.0 Å². The highest BCUT2D eigenvalue weighted by Gasteiger charge is 2.26. The van der Waals surface area contributed by atoms with Gasteiger partial charge in [-0.1, -0.05) is 12.1 Å². The molecule has 0 bridgehead atoms. The maximum Gasteiger partial charge on any atom is 0.229 e. The normalized spacial score (nSPS) is 18.6. The van der Waals surface area contributed by atoms with E-state index in [0.29, 0.717) is 29.4 Å². The molecule has 10 heteroatoms. The highest BCUT2D eigenvalue weighted by molar-refractivity contribution is 7.79. The van der Waals surface area contributed by atoms with Crippen LogP contribution in [0.4, 0.5) is 23.1 Å². The Bertz CT molecular complexity index is 1340. The van der Waals surface area contributed by atoms with E-state index in [9.17, 15) is 8.76 Å². The molecule has 222 valence electrons. The average molecular weight is 580 g/mol. The van der Waals surface area contributed by atoms with E-state index in [1.54, 1.807) is 30.5 Å². The Morgan fingerprint density at radius 1 is 1.07 bits per heavy atom. The van der Waals surface area contributed by atoms with Crippen molar-refractivity contribution in [3.63, 3.8) is 0 Å². The largest absolute Gasteiger partial charge is 0.768 e. The van der Waals surface area contributed by atoms with Crippen LogP contribution in [0.25, 0.3) is 0 Å². The van der Waals surface area contributed by atoms with E-state index >= 15 is 0 Å². The van der Waals surface area contributed by atoms with Crippen molar-refractivity contribution in [3.8, 4) is 5.75 Å². The second-order valence-corrected chi connectivity index (χ2v) is 12.1. The monoisotopic (exact) mass is 579 g/mol. The van der Waals surface area contributed by atoms with Crippen molar-refractivity contribution in [2.24, 2.45) is 0 Å². The minimum absolute atomic E-state index is 0.0173. The molecule has 1 saturated carbocycles. The van der Waals surface area contributed by atoms with Gasteiger partial charge in [-0.25, -0.2) is 4.98 Å². The van der Waals surface area contributed by atoms with Crippen molar-refractivity contribution in [1.29, 1.82) is 0 Å². The van der Waals surface area contributed by atoms with Crippen LogP contribution in [0.5, 0.6) is 5.75 Å². The molecule has 1 aromatic heterocycles. The second-order valence-electron chi connectivity index (χ2n) is 11.2. The van der Waals surface area contributed by atoms with Gasteiger partial charge < -0.3 is 30.1 Å². The lowest BCUT2D eigenvalue weighted by atomic mass is 9.79. The molecular formula is C31H43N6O3S-. The number of nitrogens with zero attached hydrogens (tertiary/aromatic N) is 3. The van der Waals surface area contributed by atoms with E-state index in [-0.39, 0.29) is 11.0 Å². The molecule has 41 heavy (non-hydrogen) atoms. The lowest BCUT2D eigenvalue weighted by Crippen LogP contribution is -2.31. The molecule has 9 nitrogen and oxygen atoms in total. The van der Waals surface area contributed by atoms with Crippen LogP contribution in [0.3, 0.4) is 0 Å². The number of nitrogens with one attached hydrogen (secondary N) is 3. The maximum atomic E-state index is 11.7. The first-order valence-electron chi connectivity index (χ1n) is 14.3. The quantitative estimate of drug-likeness (QED) is 0.230. The third-order valence-electron chi connectivity index (χ3n) is 7.90. The number of hydrogen-bond donors (Lipinski definition) is 3. The van der Waals surface area contributed by atoms with Gasteiger partial charge in [0.2, 0.25) is 5.95 Å². The average Bonchev–Trinajstić information content (AvgIpc) is 2.95. The van der Waals surface area contributed by atoms with E-state index in [2.05, 4.69) is 65.9 Å². The summed E-state index contributed by atoms with van der Waals surface area (Å²) in [5.74, 6) is 2.21. The fourth-order valence-electron chi connectivity index (χ4n) is 5.46. The van der Waals surface area contributed by atoms with Gasteiger partial charge in [-0.05, 0) is 133 Å². The highest BCUT2D eigenvalue weighted by Crippen LogP contribution is 2.40. The van der Waals surface area contributed by atoms with Gasteiger partial charge in [0.15, 0.2) is 0 Å². The summed E-state index contributed by atoms with van der Waals surface area (Å²) in [5, 5.41) is 9.76. The highest BCUT2D eigenvalue weighted by atomic mass is 32.2. The predicted octanol–water partition coefficient (Wildman–Crippen LogP) is 5.78. The minimum Gasteiger partial charge on any atom is -0.768 e. The molecule has 4 rings (SSSR count). The number of benzene rings is 2. The first-order chi connectivity index (χ1) is 19.7. The maximum absolute atomic E-state index is 11.7. The van der Waals surface area contributed by atoms with Crippen molar-refractivity contribution in [3.05, 3.63) is 59.3 Å². The van der Waals surface area contributed by atoms with Crippen LogP contribution in [-0.4, -0.2) is 63.5 Å². The Hall–Kier alpha value is -3.05. The van der Waals surface area contributed by atoms with Gasteiger partial charge in [-0.2, -0.15) is 4.98 Å². The van der Waals surface area contributed by atoms with Crippen molar-refractivity contribution in [2.75, 3.05) is 38.3 Å². The molecule has 1 aliphatic rings. The summed E-state index contributed by atoms with van der Waals surface area (Å²) >= 11 is -2.38. The lowest BCUT2D eigenvalue weighted by Gasteiger charge is -2.33. The molecule has 2 atom stereocenters. The summed E-state index contributed by atoms with van der Waals surface area (Å²) in [4.78, 5) is 11.7. The fourth-order valence-corrected chi connectivity index (χ4v) is 5.95. The number of aromatic nitrogens is 2. The predicted molar refractivity (Wildman–Crippen MR) is 165 cm³/mol. The Labute approximate surface area is 246 Å². The zero-order valence-electron chi connectivity index (χ0n) is 25.0.